The number of hydrogen-bond donors (Lipinski definition) is 1. The molecule has 17 heavy (non-hydrogen) atoms. The van der Waals surface area contributed by atoms with Crippen molar-refractivity contribution in [3.63, 3.8) is 0 Å². The Balaban J connectivity index is 2.13. The quantitative estimate of drug-likeness (QED) is 0.851. The van der Waals surface area contributed by atoms with Gasteiger partial charge in [-0.1, -0.05) is 0 Å². The molecular formula is C12H15N5. The molecule has 0 amide bonds. The molecule has 88 valence electrons. The molecule has 0 unspecified atom stereocenters. The zero-order valence-electron chi connectivity index (χ0n) is 10.0. The van der Waals surface area contributed by atoms with Crippen molar-refractivity contribution >= 4 is 5.82 Å². The summed E-state index contributed by atoms with van der Waals surface area (Å²) in [6.45, 7) is 3.89. The first-order valence-corrected chi connectivity index (χ1v) is 5.82. The third kappa shape index (κ3) is 1.77. The zero-order chi connectivity index (χ0) is 12.0. The Morgan fingerprint density at radius 1 is 1.29 bits per heavy atom. The van der Waals surface area contributed by atoms with Crippen LogP contribution in [0, 0.1) is 13.8 Å². The maximum Gasteiger partial charge on any atom is 0.162 e. The van der Waals surface area contributed by atoms with Crippen LogP contribution in [-0.4, -0.2) is 19.7 Å². The van der Waals surface area contributed by atoms with Gasteiger partial charge in [-0.05, 0) is 32.8 Å². The molecule has 1 fully saturated rings. The molecule has 2 aromatic rings. The van der Waals surface area contributed by atoms with E-state index in [0.29, 0.717) is 11.7 Å². The SMILES string of the molecule is Cc1ccn(-c2nc(C3CC3)nc(N)c2C)n1. The number of nitrogens with zero attached hydrogens (tertiary/aromatic N) is 4. The average Bonchev–Trinajstić information content (AvgIpc) is 3.05. The second-order valence-electron chi connectivity index (χ2n) is 4.59. The molecule has 2 N–H and O–H groups in total. The van der Waals surface area contributed by atoms with Gasteiger partial charge < -0.3 is 5.73 Å². The highest BCUT2D eigenvalue weighted by molar-refractivity contribution is 5.48. The fraction of sp³-hybridized carbons (Fsp3) is 0.417. The summed E-state index contributed by atoms with van der Waals surface area (Å²) in [6.07, 6.45) is 4.24. The molecule has 0 spiro atoms. The largest absolute Gasteiger partial charge is 0.383 e. The van der Waals surface area contributed by atoms with E-state index in [1.54, 1.807) is 4.68 Å². The van der Waals surface area contributed by atoms with Crippen LogP contribution in [0.15, 0.2) is 12.3 Å². The van der Waals surface area contributed by atoms with Crippen LogP contribution in [0.1, 0.15) is 35.8 Å². The molecule has 2 heterocycles. The third-order valence-corrected chi connectivity index (χ3v) is 3.06. The maximum absolute atomic E-state index is 5.94. The van der Waals surface area contributed by atoms with Gasteiger partial charge in [0, 0.05) is 17.7 Å². The lowest BCUT2D eigenvalue weighted by atomic mass is 10.3. The van der Waals surface area contributed by atoms with E-state index >= 15 is 0 Å². The number of aromatic nitrogens is 4. The highest BCUT2D eigenvalue weighted by atomic mass is 15.3. The number of nitrogen functional groups attached to an aromatic ring is 1. The summed E-state index contributed by atoms with van der Waals surface area (Å²) in [4.78, 5) is 8.94. The summed E-state index contributed by atoms with van der Waals surface area (Å²) in [5.74, 6) is 2.71. The monoisotopic (exact) mass is 229 g/mol. The number of aryl methyl sites for hydroxylation is 1. The molecule has 1 saturated carbocycles. The topological polar surface area (TPSA) is 69.6 Å². The summed E-state index contributed by atoms with van der Waals surface area (Å²) in [6, 6.07) is 1.95. The third-order valence-electron chi connectivity index (χ3n) is 3.06. The first-order chi connectivity index (χ1) is 8.15. The van der Waals surface area contributed by atoms with Crippen LogP contribution in [0.3, 0.4) is 0 Å². The standard InChI is InChI=1S/C12H15N5/c1-7-5-6-17(16-7)12-8(2)10(13)14-11(15-12)9-3-4-9/h5-6,9H,3-4H2,1-2H3,(H2,13,14,15). The molecule has 2 aromatic heterocycles. The summed E-state index contributed by atoms with van der Waals surface area (Å²) in [5.41, 5.74) is 7.79. The zero-order valence-corrected chi connectivity index (χ0v) is 10.0. The van der Waals surface area contributed by atoms with Crippen molar-refractivity contribution in [3.05, 3.63) is 29.3 Å². The van der Waals surface area contributed by atoms with Crippen LogP contribution in [0.2, 0.25) is 0 Å². The highest BCUT2D eigenvalue weighted by Gasteiger charge is 2.28. The average molecular weight is 229 g/mol. The molecule has 0 saturated heterocycles. The van der Waals surface area contributed by atoms with Gasteiger partial charge in [-0.3, -0.25) is 0 Å². The van der Waals surface area contributed by atoms with Crippen molar-refractivity contribution in [2.24, 2.45) is 0 Å². The first kappa shape index (κ1) is 10.3. The van der Waals surface area contributed by atoms with Crippen molar-refractivity contribution in [1.29, 1.82) is 0 Å². The lowest BCUT2D eigenvalue weighted by Crippen LogP contribution is -2.09. The van der Waals surface area contributed by atoms with Crippen LogP contribution in [0.4, 0.5) is 5.82 Å². The van der Waals surface area contributed by atoms with E-state index in [4.69, 9.17) is 5.73 Å². The Hall–Kier alpha value is -1.91. The molecular weight excluding hydrogens is 214 g/mol. The predicted octanol–water partition coefficient (Wildman–Crippen LogP) is 1.74. The van der Waals surface area contributed by atoms with E-state index in [1.165, 1.54) is 12.8 Å². The van der Waals surface area contributed by atoms with Gasteiger partial charge >= 0.3 is 0 Å². The van der Waals surface area contributed by atoms with Crippen LogP contribution in [-0.2, 0) is 0 Å². The van der Waals surface area contributed by atoms with Gasteiger partial charge in [0.05, 0.1) is 5.69 Å². The van der Waals surface area contributed by atoms with Gasteiger partial charge in [-0.25, -0.2) is 14.6 Å². The van der Waals surface area contributed by atoms with Gasteiger partial charge in [0.1, 0.15) is 11.6 Å². The molecule has 1 aliphatic carbocycles. The minimum Gasteiger partial charge on any atom is -0.383 e. The van der Waals surface area contributed by atoms with Crippen LogP contribution in [0.5, 0.6) is 0 Å². The lowest BCUT2D eigenvalue weighted by Gasteiger charge is -2.09. The molecule has 0 aliphatic heterocycles. The second kappa shape index (κ2) is 3.55. The summed E-state index contributed by atoms with van der Waals surface area (Å²) in [7, 11) is 0. The fourth-order valence-electron chi connectivity index (χ4n) is 1.82. The van der Waals surface area contributed by atoms with Gasteiger partial charge in [-0.2, -0.15) is 5.10 Å². The molecule has 0 atom stereocenters. The number of nitrogens with two attached hydrogens (primary N) is 1. The molecule has 5 heteroatoms. The molecule has 5 nitrogen and oxygen atoms in total. The van der Waals surface area contributed by atoms with Gasteiger partial charge in [-0.15, -0.1) is 0 Å². The molecule has 3 rings (SSSR count). The molecule has 0 bridgehead atoms. The van der Waals surface area contributed by atoms with Crippen molar-refractivity contribution in [3.8, 4) is 5.82 Å². The normalized spacial score (nSPS) is 15.2. The van der Waals surface area contributed by atoms with E-state index in [9.17, 15) is 0 Å². The van der Waals surface area contributed by atoms with Gasteiger partial charge in [0.2, 0.25) is 0 Å². The van der Waals surface area contributed by atoms with E-state index in [0.717, 1.165) is 22.9 Å². The number of hydrogen-bond acceptors (Lipinski definition) is 4. The minimum atomic E-state index is 0.494. The predicted molar refractivity (Wildman–Crippen MR) is 65.0 cm³/mol. The smallest absolute Gasteiger partial charge is 0.162 e. The Morgan fingerprint density at radius 2 is 2.06 bits per heavy atom. The molecule has 1 aliphatic rings. The second-order valence-corrected chi connectivity index (χ2v) is 4.59. The van der Waals surface area contributed by atoms with Crippen LogP contribution in [0.25, 0.3) is 5.82 Å². The highest BCUT2D eigenvalue weighted by Crippen LogP contribution is 2.38. The Morgan fingerprint density at radius 3 is 2.65 bits per heavy atom. The number of rotatable bonds is 2. The van der Waals surface area contributed by atoms with E-state index < -0.39 is 0 Å². The van der Waals surface area contributed by atoms with Crippen molar-refractivity contribution < 1.29 is 0 Å². The minimum absolute atomic E-state index is 0.494. The molecule has 0 radical (unpaired) electrons. The van der Waals surface area contributed by atoms with E-state index in [1.807, 2.05) is 26.1 Å². The summed E-state index contributed by atoms with van der Waals surface area (Å²) < 4.78 is 1.77. The Kier molecular flexibility index (Phi) is 2.14. The first-order valence-electron chi connectivity index (χ1n) is 5.82. The van der Waals surface area contributed by atoms with E-state index in [-0.39, 0.29) is 0 Å². The van der Waals surface area contributed by atoms with Crippen molar-refractivity contribution in [2.75, 3.05) is 5.73 Å². The van der Waals surface area contributed by atoms with Crippen molar-refractivity contribution in [2.45, 2.75) is 32.6 Å². The summed E-state index contributed by atoms with van der Waals surface area (Å²) in [5, 5.41) is 4.37. The Labute approximate surface area is 99.7 Å². The maximum atomic E-state index is 5.94. The van der Waals surface area contributed by atoms with Crippen LogP contribution >= 0.6 is 0 Å². The fourth-order valence-corrected chi connectivity index (χ4v) is 1.82. The summed E-state index contributed by atoms with van der Waals surface area (Å²) >= 11 is 0. The van der Waals surface area contributed by atoms with Gasteiger partial charge in [0.15, 0.2) is 5.82 Å². The Bertz CT molecular complexity index is 568. The number of anilines is 1. The van der Waals surface area contributed by atoms with Crippen molar-refractivity contribution in [1.82, 2.24) is 19.7 Å². The lowest BCUT2D eigenvalue weighted by molar-refractivity contribution is 0.793. The van der Waals surface area contributed by atoms with E-state index in [2.05, 4.69) is 15.1 Å². The molecule has 0 aromatic carbocycles. The van der Waals surface area contributed by atoms with Crippen LogP contribution < -0.4 is 5.73 Å². The van der Waals surface area contributed by atoms with Gasteiger partial charge in [0.25, 0.3) is 0 Å².